The zero-order valence-electron chi connectivity index (χ0n) is 13.7. The van der Waals surface area contributed by atoms with Crippen molar-refractivity contribution in [3.05, 3.63) is 0 Å². The topological polar surface area (TPSA) is 26.3 Å². The Balaban J connectivity index is 3.27. The first-order valence-electron chi connectivity index (χ1n) is 8.37. The second-order valence-electron chi connectivity index (χ2n) is 5.19. The highest BCUT2D eigenvalue weighted by Gasteiger charge is 2.06. The maximum atomic E-state index is 11.6. The number of hydrogen-bond acceptors (Lipinski definition) is 3. The van der Waals surface area contributed by atoms with Gasteiger partial charge in [0.05, 0.1) is 0 Å². The molecule has 0 aromatic rings. The van der Waals surface area contributed by atoms with Gasteiger partial charge >= 0.3 is 0 Å². The molecule has 0 saturated carbocycles. The second kappa shape index (κ2) is 15.6. The molecule has 4 heteroatoms. The molecule has 0 aliphatic heterocycles. The van der Waals surface area contributed by atoms with Crippen molar-refractivity contribution in [1.82, 2.24) is 0 Å². The summed E-state index contributed by atoms with van der Waals surface area (Å²) >= 11 is 1.52. The molecule has 0 atom stereocenters. The number of thioether (sulfide) groups is 1. The van der Waals surface area contributed by atoms with Crippen molar-refractivity contribution >= 4 is 25.9 Å². The quantitative estimate of drug-likeness (QED) is 0.315. The highest BCUT2D eigenvalue weighted by atomic mass is 32.2. The maximum Gasteiger partial charge on any atom is 0.210 e. The van der Waals surface area contributed by atoms with Gasteiger partial charge < -0.3 is 4.43 Å². The van der Waals surface area contributed by atoms with Gasteiger partial charge in [-0.15, -0.1) is 0 Å². The molecular formula is C16H33O2SSi. The van der Waals surface area contributed by atoms with Gasteiger partial charge in [0, 0.05) is 18.8 Å². The summed E-state index contributed by atoms with van der Waals surface area (Å²) in [4.78, 5) is 11.6. The Labute approximate surface area is 132 Å². The van der Waals surface area contributed by atoms with Gasteiger partial charge in [-0.05, 0) is 31.4 Å². The molecule has 20 heavy (non-hydrogen) atoms. The first kappa shape index (κ1) is 20.2. The van der Waals surface area contributed by atoms with Crippen molar-refractivity contribution < 1.29 is 9.22 Å². The predicted octanol–water partition coefficient (Wildman–Crippen LogP) is 5.43. The molecule has 2 nitrogen and oxygen atoms in total. The van der Waals surface area contributed by atoms with Gasteiger partial charge in [0.15, 0.2) is 5.12 Å². The zero-order chi connectivity index (χ0) is 15.1. The molecule has 0 aliphatic rings. The standard InChI is InChI=1S/C16H33O2SSi/c1-4-7-8-9-10-13-16(17)19-15-12-11-14-18-20(5-2)6-3/h4-15H2,1-3H3. The summed E-state index contributed by atoms with van der Waals surface area (Å²) in [6, 6.07) is 2.40. The minimum atomic E-state index is -0.520. The van der Waals surface area contributed by atoms with Gasteiger partial charge in [-0.2, -0.15) is 0 Å². The van der Waals surface area contributed by atoms with E-state index in [0.717, 1.165) is 38.0 Å². The van der Waals surface area contributed by atoms with Crippen LogP contribution in [0.5, 0.6) is 0 Å². The van der Waals surface area contributed by atoms with Crippen LogP contribution >= 0.6 is 11.8 Å². The third-order valence-corrected chi connectivity index (χ3v) is 6.59. The van der Waals surface area contributed by atoms with Crippen LogP contribution in [-0.4, -0.2) is 26.5 Å². The number of carbonyl (C=O) groups excluding carboxylic acids is 1. The minimum Gasteiger partial charge on any atom is -0.417 e. The van der Waals surface area contributed by atoms with Crippen LogP contribution in [0.25, 0.3) is 0 Å². The van der Waals surface area contributed by atoms with Crippen molar-refractivity contribution in [2.75, 3.05) is 12.4 Å². The summed E-state index contributed by atoms with van der Waals surface area (Å²) in [6.45, 7) is 7.54. The van der Waals surface area contributed by atoms with Crippen LogP contribution in [0.1, 0.15) is 72.1 Å². The Morgan fingerprint density at radius 3 is 2.30 bits per heavy atom. The van der Waals surface area contributed by atoms with Crippen molar-refractivity contribution in [3.63, 3.8) is 0 Å². The highest BCUT2D eigenvalue weighted by molar-refractivity contribution is 8.13. The fourth-order valence-corrected chi connectivity index (χ4v) is 4.21. The Morgan fingerprint density at radius 2 is 1.65 bits per heavy atom. The first-order valence-corrected chi connectivity index (χ1v) is 11.2. The average Bonchev–Trinajstić information content (AvgIpc) is 2.46. The van der Waals surface area contributed by atoms with E-state index in [2.05, 4.69) is 20.8 Å². The first-order chi connectivity index (χ1) is 9.74. The van der Waals surface area contributed by atoms with Crippen LogP contribution in [0.2, 0.25) is 12.1 Å². The normalized spacial score (nSPS) is 11.2. The Hall–Kier alpha value is 0.197. The van der Waals surface area contributed by atoms with Crippen molar-refractivity contribution in [3.8, 4) is 0 Å². The summed E-state index contributed by atoms with van der Waals surface area (Å²) in [5, 5.41) is 0.384. The van der Waals surface area contributed by atoms with E-state index in [9.17, 15) is 4.79 Å². The van der Waals surface area contributed by atoms with Gasteiger partial charge in [0.1, 0.15) is 0 Å². The summed E-state index contributed by atoms with van der Waals surface area (Å²) < 4.78 is 5.86. The SMILES string of the molecule is CCCCCCCC(=O)SCCCCO[Si](CC)CC. The third-order valence-electron chi connectivity index (χ3n) is 3.38. The smallest absolute Gasteiger partial charge is 0.210 e. The maximum absolute atomic E-state index is 11.6. The lowest BCUT2D eigenvalue weighted by molar-refractivity contribution is -0.111. The molecule has 0 bridgehead atoms. The highest BCUT2D eigenvalue weighted by Crippen LogP contribution is 2.13. The van der Waals surface area contributed by atoms with Gasteiger partial charge in [-0.1, -0.05) is 58.2 Å². The van der Waals surface area contributed by atoms with Gasteiger partial charge in [-0.3, -0.25) is 4.79 Å². The number of unbranched alkanes of at least 4 members (excludes halogenated alkanes) is 5. The Morgan fingerprint density at radius 1 is 0.950 bits per heavy atom. The zero-order valence-corrected chi connectivity index (χ0v) is 15.5. The average molecular weight is 318 g/mol. The molecule has 0 amide bonds. The van der Waals surface area contributed by atoms with E-state index in [0.29, 0.717) is 5.12 Å². The van der Waals surface area contributed by atoms with E-state index in [4.69, 9.17) is 4.43 Å². The fourth-order valence-electron chi connectivity index (χ4n) is 2.01. The largest absolute Gasteiger partial charge is 0.417 e. The molecule has 0 spiro atoms. The Bertz CT molecular complexity index is 221. The van der Waals surface area contributed by atoms with E-state index >= 15 is 0 Å². The van der Waals surface area contributed by atoms with Crippen LogP contribution < -0.4 is 0 Å². The monoisotopic (exact) mass is 317 g/mol. The third kappa shape index (κ3) is 13.2. The molecule has 0 unspecified atom stereocenters. The van der Waals surface area contributed by atoms with Crippen LogP contribution in [0.4, 0.5) is 0 Å². The van der Waals surface area contributed by atoms with Crippen LogP contribution in [-0.2, 0) is 9.22 Å². The molecule has 119 valence electrons. The molecule has 0 fully saturated rings. The molecule has 0 heterocycles. The van der Waals surface area contributed by atoms with Gasteiger partial charge in [0.2, 0.25) is 9.04 Å². The van der Waals surface area contributed by atoms with Gasteiger partial charge in [-0.25, -0.2) is 0 Å². The minimum absolute atomic E-state index is 0.384. The van der Waals surface area contributed by atoms with Crippen molar-refractivity contribution in [2.24, 2.45) is 0 Å². The van der Waals surface area contributed by atoms with E-state index in [-0.39, 0.29) is 0 Å². The van der Waals surface area contributed by atoms with Crippen molar-refractivity contribution in [2.45, 2.75) is 84.2 Å². The number of rotatable bonds is 14. The van der Waals surface area contributed by atoms with E-state index in [1.807, 2.05) is 0 Å². The molecule has 0 aromatic carbocycles. The summed E-state index contributed by atoms with van der Waals surface area (Å²) in [6.07, 6.45) is 9.12. The molecular weight excluding hydrogens is 284 g/mol. The van der Waals surface area contributed by atoms with Crippen LogP contribution in [0, 0.1) is 0 Å². The summed E-state index contributed by atoms with van der Waals surface area (Å²) in [5.41, 5.74) is 0. The van der Waals surface area contributed by atoms with E-state index < -0.39 is 9.04 Å². The predicted molar refractivity (Wildman–Crippen MR) is 92.7 cm³/mol. The number of carbonyl (C=O) groups is 1. The fraction of sp³-hybridized carbons (Fsp3) is 0.938. The van der Waals surface area contributed by atoms with E-state index in [1.165, 1.54) is 49.5 Å². The van der Waals surface area contributed by atoms with Crippen LogP contribution in [0.3, 0.4) is 0 Å². The lowest BCUT2D eigenvalue weighted by atomic mass is 10.1. The lowest BCUT2D eigenvalue weighted by Gasteiger charge is -2.10. The molecule has 0 rings (SSSR count). The second-order valence-corrected chi connectivity index (χ2v) is 9.12. The van der Waals surface area contributed by atoms with Crippen LogP contribution in [0.15, 0.2) is 0 Å². The van der Waals surface area contributed by atoms with Gasteiger partial charge in [0.25, 0.3) is 0 Å². The molecule has 0 aromatic heterocycles. The van der Waals surface area contributed by atoms with Crippen molar-refractivity contribution in [1.29, 1.82) is 0 Å². The molecule has 0 N–H and O–H groups in total. The summed E-state index contributed by atoms with van der Waals surface area (Å²) in [7, 11) is -0.520. The molecule has 0 aliphatic carbocycles. The lowest BCUT2D eigenvalue weighted by Crippen LogP contribution is -2.15. The van der Waals surface area contributed by atoms with E-state index in [1.54, 1.807) is 0 Å². The Kier molecular flexibility index (Phi) is 15.7. The molecule has 1 radical (unpaired) electrons. The number of hydrogen-bond donors (Lipinski definition) is 0. The molecule has 0 saturated heterocycles. The summed E-state index contributed by atoms with van der Waals surface area (Å²) in [5.74, 6) is 0.970.